The maximum Gasteiger partial charge on any atom is 0.338 e. The fraction of sp³-hybridized carbons (Fsp3) is 0.286. The molecule has 0 fully saturated rings. The Hall–Kier alpha value is -3.40. The normalized spacial score (nSPS) is 17.4. The first-order valence-electron chi connectivity index (χ1n) is 10.9. The summed E-state index contributed by atoms with van der Waals surface area (Å²) in [6, 6.07) is 28.2. The van der Waals surface area contributed by atoms with E-state index in [0.29, 0.717) is 17.9 Å². The molecule has 3 aromatic rings. The largest absolute Gasteiger partial charge is 0.474 e. The zero-order valence-electron chi connectivity index (χ0n) is 19.0. The van der Waals surface area contributed by atoms with Gasteiger partial charge in [0.1, 0.15) is 11.7 Å². The molecule has 1 aliphatic rings. The molecule has 4 rings (SSSR count). The van der Waals surface area contributed by atoms with E-state index in [2.05, 4.69) is 24.3 Å². The third kappa shape index (κ3) is 4.45. The highest BCUT2D eigenvalue weighted by Crippen LogP contribution is 2.43. The van der Waals surface area contributed by atoms with E-state index in [1.165, 1.54) is 0 Å². The maximum atomic E-state index is 12.4. The van der Waals surface area contributed by atoms with Crippen LogP contribution in [0.15, 0.2) is 89.9 Å². The van der Waals surface area contributed by atoms with Gasteiger partial charge in [-0.2, -0.15) is 0 Å². The summed E-state index contributed by atoms with van der Waals surface area (Å²) in [6.45, 7) is 7.51. The number of aliphatic imine (C=N–C) groups is 1. The zero-order valence-corrected chi connectivity index (χ0v) is 19.0. The monoisotopic (exact) mass is 427 g/mol. The quantitative estimate of drug-likeness (QED) is 0.473. The van der Waals surface area contributed by atoms with Crippen molar-refractivity contribution in [2.45, 2.75) is 51.4 Å². The van der Waals surface area contributed by atoms with Crippen molar-refractivity contribution in [3.8, 4) is 0 Å². The van der Waals surface area contributed by atoms with E-state index in [4.69, 9.17) is 14.5 Å². The van der Waals surface area contributed by atoms with Gasteiger partial charge in [0, 0.05) is 13.3 Å². The Morgan fingerprint density at radius 2 is 1.44 bits per heavy atom. The number of hydrogen-bond donors (Lipinski definition) is 0. The van der Waals surface area contributed by atoms with Crippen molar-refractivity contribution in [2.75, 3.05) is 0 Å². The highest BCUT2D eigenvalue weighted by Gasteiger charge is 2.48. The van der Waals surface area contributed by atoms with Crippen LogP contribution in [0, 0.1) is 0 Å². The summed E-state index contributed by atoms with van der Waals surface area (Å²) in [7, 11) is 0. The number of carbonyl (C=O) groups excluding carboxylic acids is 1. The Morgan fingerprint density at radius 1 is 0.906 bits per heavy atom. The van der Waals surface area contributed by atoms with E-state index >= 15 is 0 Å². The van der Waals surface area contributed by atoms with Crippen molar-refractivity contribution in [2.24, 2.45) is 4.99 Å². The summed E-state index contributed by atoms with van der Waals surface area (Å²) in [5, 5.41) is 0. The molecule has 0 aromatic heterocycles. The van der Waals surface area contributed by atoms with Gasteiger partial charge in [-0.05, 0) is 49.6 Å². The molecule has 1 unspecified atom stereocenters. The molecule has 0 radical (unpaired) electrons. The number of benzene rings is 3. The number of ether oxygens (including phenoxy) is 2. The first-order valence-corrected chi connectivity index (χ1v) is 10.9. The number of nitrogens with zero attached hydrogens (tertiary/aromatic N) is 1. The summed E-state index contributed by atoms with van der Waals surface area (Å²) in [4.78, 5) is 17.4. The first kappa shape index (κ1) is 21.8. The average Bonchev–Trinajstić information content (AvgIpc) is 3.11. The van der Waals surface area contributed by atoms with E-state index < -0.39 is 11.1 Å². The molecule has 1 heterocycles. The molecule has 4 nitrogen and oxygen atoms in total. The Morgan fingerprint density at radius 3 is 1.94 bits per heavy atom. The standard InChI is InChI=1S/C28H29NO3/c1-20-29-28(23-11-7-5-8-12-23,24-13-9-6-10-14-24)25(31-20)19-21-15-17-22(18-16-21)26(30)32-27(2,3)4/h5-18,25H,19H2,1-4H3. The SMILES string of the molecule is CC1=NC(c2ccccc2)(c2ccccc2)C(Cc2ccc(C(=O)OC(C)(C)C)cc2)O1. The molecule has 0 N–H and O–H groups in total. The molecule has 4 heteroatoms. The van der Waals surface area contributed by atoms with Gasteiger partial charge < -0.3 is 9.47 Å². The van der Waals surface area contributed by atoms with Crippen LogP contribution in [-0.2, 0) is 21.4 Å². The molecule has 0 spiro atoms. The minimum absolute atomic E-state index is 0.209. The second-order valence-electron chi connectivity index (χ2n) is 9.14. The molecule has 1 aliphatic heterocycles. The van der Waals surface area contributed by atoms with Crippen LogP contribution < -0.4 is 0 Å². The topological polar surface area (TPSA) is 47.9 Å². The van der Waals surface area contributed by atoms with E-state index in [1.54, 1.807) is 0 Å². The Balaban J connectivity index is 1.66. The molecular formula is C28H29NO3. The molecule has 0 amide bonds. The maximum absolute atomic E-state index is 12.4. The number of rotatable bonds is 5. The van der Waals surface area contributed by atoms with Crippen molar-refractivity contribution < 1.29 is 14.3 Å². The van der Waals surface area contributed by atoms with Gasteiger partial charge in [-0.15, -0.1) is 0 Å². The Labute approximate surface area is 189 Å². The van der Waals surface area contributed by atoms with E-state index in [0.717, 1.165) is 16.7 Å². The van der Waals surface area contributed by atoms with Gasteiger partial charge in [-0.3, -0.25) is 0 Å². The predicted molar refractivity (Wildman–Crippen MR) is 127 cm³/mol. The third-order valence-corrected chi connectivity index (χ3v) is 5.55. The number of esters is 1. The van der Waals surface area contributed by atoms with Crippen LogP contribution in [0.2, 0.25) is 0 Å². The van der Waals surface area contributed by atoms with Crippen molar-refractivity contribution in [3.05, 3.63) is 107 Å². The lowest BCUT2D eigenvalue weighted by molar-refractivity contribution is 0.00695. The number of hydrogen-bond acceptors (Lipinski definition) is 4. The molecule has 32 heavy (non-hydrogen) atoms. The Bertz CT molecular complexity index is 1060. The summed E-state index contributed by atoms with van der Waals surface area (Å²) in [5.41, 5.74) is 2.66. The third-order valence-electron chi connectivity index (χ3n) is 5.55. The summed E-state index contributed by atoms with van der Waals surface area (Å²) < 4.78 is 11.8. The van der Waals surface area contributed by atoms with Crippen molar-refractivity contribution in [1.29, 1.82) is 0 Å². The van der Waals surface area contributed by atoms with Gasteiger partial charge in [-0.25, -0.2) is 9.79 Å². The summed E-state index contributed by atoms with van der Waals surface area (Å²) >= 11 is 0. The van der Waals surface area contributed by atoms with E-state index in [1.807, 2.05) is 88.4 Å². The first-order chi connectivity index (χ1) is 15.3. The van der Waals surface area contributed by atoms with Crippen LogP contribution in [0.1, 0.15) is 54.7 Å². The van der Waals surface area contributed by atoms with Gasteiger partial charge in [-0.1, -0.05) is 72.8 Å². The highest BCUT2D eigenvalue weighted by molar-refractivity contribution is 5.89. The minimum atomic E-state index is -0.629. The van der Waals surface area contributed by atoms with Crippen LogP contribution in [0.5, 0.6) is 0 Å². The van der Waals surface area contributed by atoms with E-state index in [9.17, 15) is 4.79 Å². The molecule has 0 saturated heterocycles. The molecule has 1 atom stereocenters. The van der Waals surface area contributed by atoms with Gasteiger partial charge in [0.2, 0.25) is 0 Å². The molecule has 0 bridgehead atoms. The molecule has 0 saturated carbocycles. The van der Waals surface area contributed by atoms with Crippen LogP contribution in [-0.4, -0.2) is 23.6 Å². The summed E-state index contributed by atoms with van der Waals surface area (Å²) in [5.74, 6) is 0.358. The fourth-order valence-corrected chi connectivity index (χ4v) is 4.21. The van der Waals surface area contributed by atoms with Gasteiger partial charge >= 0.3 is 5.97 Å². The lowest BCUT2D eigenvalue weighted by Gasteiger charge is -2.33. The second kappa shape index (κ2) is 8.62. The minimum Gasteiger partial charge on any atom is -0.474 e. The lowest BCUT2D eigenvalue weighted by atomic mass is 9.77. The smallest absolute Gasteiger partial charge is 0.338 e. The molecule has 164 valence electrons. The van der Waals surface area contributed by atoms with Gasteiger partial charge in [0.05, 0.1) is 5.56 Å². The summed E-state index contributed by atoms with van der Waals surface area (Å²) in [6.07, 6.45) is 0.443. The van der Waals surface area contributed by atoms with Crippen LogP contribution in [0.25, 0.3) is 0 Å². The fourth-order valence-electron chi connectivity index (χ4n) is 4.21. The van der Waals surface area contributed by atoms with Gasteiger partial charge in [0.15, 0.2) is 11.4 Å². The van der Waals surface area contributed by atoms with Crippen molar-refractivity contribution in [3.63, 3.8) is 0 Å². The highest BCUT2D eigenvalue weighted by atomic mass is 16.6. The van der Waals surface area contributed by atoms with Gasteiger partial charge in [0.25, 0.3) is 0 Å². The molecule has 0 aliphatic carbocycles. The van der Waals surface area contributed by atoms with Crippen LogP contribution in [0.4, 0.5) is 0 Å². The lowest BCUT2D eigenvalue weighted by Crippen LogP contribution is -2.38. The zero-order chi connectivity index (χ0) is 22.8. The number of carbonyl (C=O) groups is 1. The van der Waals surface area contributed by atoms with Crippen LogP contribution in [0.3, 0.4) is 0 Å². The van der Waals surface area contributed by atoms with Crippen molar-refractivity contribution in [1.82, 2.24) is 0 Å². The van der Waals surface area contributed by atoms with Crippen LogP contribution >= 0.6 is 0 Å². The predicted octanol–water partition coefficient (Wildman–Crippen LogP) is 5.95. The second-order valence-corrected chi connectivity index (χ2v) is 9.14. The van der Waals surface area contributed by atoms with E-state index in [-0.39, 0.29) is 12.1 Å². The van der Waals surface area contributed by atoms with Crippen molar-refractivity contribution >= 4 is 11.9 Å². The molecule has 3 aromatic carbocycles. The average molecular weight is 428 g/mol. The Kier molecular flexibility index (Phi) is 5.88. The molecular weight excluding hydrogens is 398 g/mol.